The average Bonchev–Trinajstić information content (AvgIpc) is 2.35. The maximum atomic E-state index is 2.43. The Hall–Kier alpha value is 0. The molecule has 0 aromatic rings. The van der Waals surface area contributed by atoms with Crippen LogP contribution in [0.15, 0.2) is 0 Å². The third kappa shape index (κ3) is 1.45. The van der Waals surface area contributed by atoms with E-state index in [9.17, 15) is 0 Å². The van der Waals surface area contributed by atoms with Crippen LogP contribution in [0, 0.1) is 10.8 Å². The summed E-state index contributed by atoms with van der Waals surface area (Å²) in [6.07, 6.45) is 7.11. The van der Waals surface area contributed by atoms with Gasteiger partial charge in [-0.2, -0.15) is 0 Å². The molecule has 1 fully saturated rings. The molecule has 0 atom stereocenters. The van der Waals surface area contributed by atoms with Crippen LogP contribution in [0.1, 0.15) is 59.8 Å². The Morgan fingerprint density at radius 2 is 1.36 bits per heavy atom. The molecule has 0 aromatic carbocycles. The summed E-state index contributed by atoms with van der Waals surface area (Å²) in [6, 6.07) is 0. The number of rotatable bonds is 4. The summed E-state index contributed by atoms with van der Waals surface area (Å²) in [6.45, 7) is 9.48. The van der Waals surface area contributed by atoms with Crippen molar-refractivity contribution in [2.45, 2.75) is 59.8 Å². The molecule has 1 aliphatic rings. The highest BCUT2D eigenvalue weighted by atomic mass is 14.6. The Balaban J connectivity index is 2.48. The van der Waals surface area contributed by atoms with E-state index in [2.05, 4.69) is 27.7 Å². The van der Waals surface area contributed by atoms with Gasteiger partial charge in [-0.3, -0.25) is 0 Å². The molecule has 0 aromatic heterocycles. The molecule has 0 aliphatic heterocycles. The van der Waals surface area contributed by atoms with Crippen LogP contribution in [0.2, 0.25) is 0 Å². The molecule has 0 heteroatoms. The molecule has 0 N–H and O–H groups in total. The van der Waals surface area contributed by atoms with Crippen molar-refractivity contribution >= 4 is 0 Å². The molecule has 0 amide bonds. The van der Waals surface area contributed by atoms with Crippen molar-refractivity contribution in [2.24, 2.45) is 10.8 Å². The Labute approximate surface area is 71.4 Å². The predicted molar refractivity (Wildman–Crippen MR) is 50.6 cm³/mol. The lowest BCUT2D eigenvalue weighted by Gasteiger charge is -2.18. The van der Waals surface area contributed by atoms with E-state index in [-0.39, 0.29) is 0 Å². The third-order valence-corrected chi connectivity index (χ3v) is 3.55. The zero-order valence-corrected chi connectivity index (χ0v) is 8.54. The Bertz CT molecular complexity index is 127. The minimum Gasteiger partial charge on any atom is -0.0654 e. The summed E-state index contributed by atoms with van der Waals surface area (Å²) in [5, 5.41) is 0. The average molecular weight is 154 g/mol. The first kappa shape index (κ1) is 9.09. The third-order valence-electron chi connectivity index (χ3n) is 3.55. The van der Waals surface area contributed by atoms with Gasteiger partial charge >= 0.3 is 0 Å². The van der Waals surface area contributed by atoms with E-state index in [4.69, 9.17) is 0 Å². The molecule has 0 bridgehead atoms. The van der Waals surface area contributed by atoms with Gasteiger partial charge in [-0.1, -0.05) is 40.5 Å². The van der Waals surface area contributed by atoms with Gasteiger partial charge in [-0.05, 0) is 30.1 Å². The van der Waals surface area contributed by atoms with Gasteiger partial charge in [0, 0.05) is 0 Å². The fourth-order valence-electron chi connectivity index (χ4n) is 2.74. The summed E-state index contributed by atoms with van der Waals surface area (Å²) in [7, 11) is 0. The van der Waals surface area contributed by atoms with Crippen molar-refractivity contribution in [1.29, 1.82) is 0 Å². The summed E-state index contributed by atoms with van der Waals surface area (Å²) in [5.41, 5.74) is 1.41. The molecule has 0 heterocycles. The topological polar surface area (TPSA) is 0 Å². The molecule has 0 nitrogen and oxygen atoms in total. The van der Waals surface area contributed by atoms with Gasteiger partial charge in [-0.15, -0.1) is 0 Å². The van der Waals surface area contributed by atoms with E-state index in [1.54, 1.807) is 0 Å². The highest BCUT2D eigenvalue weighted by Crippen LogP contribution is 2.68. The minimum absolute atomic E-state index is 0.666. The second-order valence-corrected chi connectivity index (χ2v) is 4.84. The molecule has 0 unspecified atom stereocenters. The van der Waals surface area contributed by atoms with Gasteiger partial charge in [0.2, 0.25) is 0 Å². The first-order valence-corrected chi connectivity index (χ1v) is 5.08. The largest absolute Gasteiger partial charge is 0.0654 e. The van der Waals surface area contributed by atoms with Crippen molar-refractivity contribution in [1.82, 2.24) is 0 Å². The maximum absolute atomic E-state index is 2.43. The lowest BCUT2D eigenvalue weighted by molar-refractivity contribution is 0.325. The van der Waals surface area contributed by atoms with Gasteiger partial charge in [0.15, 0.2) is 0 Å². The molecular formula is C11H22. The molecule has 1 aliphatic carbocycles. The van der Waals surface area contributed by atoms with E-state index in [0.29, 0.717) is 5.41 Å². The standard InChI is InChI=1S/C11H22/c1-5-7-11(8-6-2)9-10(11,3)4/h5-9H2,1-4H3. The molecule has 11 heavy (non-hydrogen) atoms. The van der Waals surface area contributed by atoms with Crippen molar-refractivity contribution in [3.63, 3.8) is 0 Å². The van der Waals surface area contributed by atoms with Crippen molar-refractivity contribution < 1.29 is 0 Å². The van der Waals surface area contributed by atoms with Crippen LogP contribution >= 0.6 is 0 Å². The van der Waals surface area contributed by atoms with Crippen molar-refractivity contribution in [3.05, 3.63) is 0 Å². The summed E-state index contributed by atoms with van der Waals surface area (Å²) < 4.78 is 0. The molecule has 0 saturated heterocycles. The van der Waals surface area contributed by atoms with Crippen molar-refractivity contribution in [2.75, 3.05) is 0 Å². The van der Waals surface area contributed by atoms with E-state index in [1.807, 2.05) is 0 Å². The zero-order chi connectivity index (χ0) is 8.54. The second kappa shape index (κ2) is 2.80. The van der Waals surface area contributed by atoms with E-state index in [1.165, 1.54) is 32.1 Å². The van der Waals surface area contributed by atoms with Gasteiger partial charge in [0.25, 0.3) is 0 Å². The SMILES string of the molecule is CCCC1(CCC)CC1(C)C. The second-order valence-electron chi connectivity index (χ2n) is 4.84. The first-order valence-electron chi connectivity index (χ1n) is 5.08. The van der Waals surface area contributed by atoms with Crippen LogP contribution in [-0.4, -0.2) is 0 Å². The van der Waals surface area contributed by atoms with Gasteiger partial charge in [0.05, 0.1) is 0 Å². The van der Waals surface area contributed by atoms with Gasteiger partial charge < -0.3 is 0 Å². The molecule has 1 saturated carbocycles. The van der Waals surface area contributed by atoms with E-state index >= 15 is 0 Å². The first-order chi connectivity index (χ1) is 5.08. The zero-order valence-electron chi connectivity index (χ0n) is 8.54. The monoisotopic (exact) mass is 154 g/mol. The molecular weight excluding hydrogens is 132 g/mol. The lowest BCUT2D eigenvalue weighted by Crippen LogP contribution is -2.07. The number of hydrogen-bond donors (Lipinski definition) is 0. The summed E-state index contributed by atoms with van der Waals surface area (Å²) in [4.78, 5) is 0. The lowest BCUT2D eigenvalue weighted by atomic mass is 9.87. The number of hydrogen-bond acceptors (Lipinski definition) is 0. The van der Waals surface area contributed by atoms with Crippen LogP contribution in [0.5, 0.6) is 0 Å². The molecule has 1 rings (SSSR count). The highest BCUT2D eigenvalue weighted by molar-refractivity contribution is 5.08. The fourth-order valence-corrected chi connectivity index (χ4v) is 2.74. The van der Waals surface area contributed by atoms with E-state index in [0.717, 1.165) is 5.41 Å². The maximum Gasteiger partial charge on any atom is -0.0241 e. The fraction of sp³-hybridized carbons (Fsp3) is 1.00. The highest BCUT2D eigenvalue weighted by Gasteiger charge is 2.58. The Morgan fingerprint density at radius 1 is 1.00 bits per heavy atom. The van der Waals surface area contributed by atoms with E-state index < -0.39 is 0 Å². The smallest absolute Gasteiger partial charge is 0.0241 e. The summed E-state index contributed by atoms with van der Waals surface area (Å²) >= 11 is 0. The normalized spacial score (nSPS) is 25.1. The Kier molecular flexibility index (Phi) is 2.32. The molecule has 0 spiro atoms. The van der Waals surface area contributed by atoms with Gasteiger partial charge in [0.1, 0.15) is 0 Å². The Morgan fingerprint density at radius 3 is 1.55 bits per heavy atom. The van der Waals surface area contributed by atoms with Gasteiger partial charge in [-0.25, -0.2) is 0 Å². The minimum atomic E-state index is 0.666. The molecule has 66 valence electrons. The predicted octanol–water partition coefficient (Wildman–Crippen LogP) is 4.00. The molecule has 0 radical (unpaired) electrons. The summed E-state index contributed by atoms with van der Waals surface area (Å²) in [5.74, 6) is 0. The van der Waals surface area contributed by atoms with Crippen LogP contribution in [-0.2, 0) is 0 Å². The quantitative estimate of drug-likeness (QED) is 0.574. The van der Waals surface area contributed by atoms with Crippen LogP contribution in [0.3, 0.4) is 0 Å². The van der Waals surface area contributed by atoms with Crippen LogP contribution in [0.4, 0.5) is 0 Å². The van der Waals surface area contributed by atoms with Crippen LogP contribution in [0.25, 0.3) is 0 Å². The van der Waals surface area contributed by atoms with Crippen LogP contribution < -0.4 is 0 Å². The van der Waals surface area contributed by atoms with Crippen molar-refractivity contribution in [3.8, 4) is 0 Å².